The fourth-order valence-electron chi connectivity index (χ4n) is 1.98. The molecule has 0 saturated carbocycles. The number of nitrogens with one attached hydrogen (secondary N) is 1. The Kier molecular flexibility index (Phi) is 3.02. The summed E-state index contributed by atoms with van der Waals surface area (Å²) in [4.78, 5) is 11.4. The van der Waals surface area contributed by atoms with Gasteiger partial charge in [0, 0.05) is 12.5 Å². The SMILES string of the molecule is NC1CCC(c2ccccc2)CNC1=O. The van der Waals surface area contributed by atoms with Gasteiger partial charge in [-0.1, -0.05) is 30.3 Å². The largest absolute Gasteiger partial charge is 0.354 e. The van der Waals surface area contributed by atoms with Crippen LogP contribution in [0.15, 0.2) is 30.3 Å². The van der Waals surface area contributed by atoms with Gasteiger partial charge in [-0.05, 0) is 18.4 Å². The summed E-state index contributed by atoms with van der Waals surface area (Å²) in [5.74, 6) is 0.386. The molecular weight excluding hydrogens is 188 g/mol. The predicted octanol–water partition coefficient (Wildman–Crippen LogP) is 1.01. The normalized spacial score (nSPS) is 26.9. The Morgan fingerprint density at radius 1 is 1.20 bits per heavy atom. The molecule has 3 heteroatoms. The van der Waals surface area contributed by atoms with Crippen LogP contribution in [0.25, 0.3) is 0 Å². The molecule has 0 radical (unpaired) electrons. The molecule has 0 bridgehead atoms. The van der Waals surface area contributed by atoms with Crippen molar-refractivity contribution in [2.45, 2.75) is 24.8 Å². The van der Waals surface area contributed by atoms with Gasteiger partial charge < -0.3 is 11.1 Å². The topological polar surface area (TPSA) is 55.1 Å². The van der Waals surface area contributed by atoms with Gasteiger partial charge in [-0.15, -0.1) is 0 Å². The van der Waals surface area contributed by atoms with Crippen LogP contribution in [-0.2, 0) is 4.79 Å². The Balaban J connectivity index is 2.09. The van der Waals surface area contributed by atoms with Crippen molar-refractivity contribution in [2.75, 3.05) is 6.54 Å². The van der Waals surface area contributed by atoms with E-state index in [2.05, 4.69) is 17.4 Å². The van der Waals surface area contributed by atoms with Crippen molar-refractivity contribution >= 4 is 5.91 Å². The number of rotatable bonds is 1. The molecule has 15 heavy (non-hydrogen) atoms. The lowest BCUT2D eigenvalue weighted by atomic mass is 9.94. The van der Waals surface area contributed by atoms with Crippen molar-refractivity contribution in [1.82, 2.24) is 5.32 Å². The van der Waals surface area contributed by atoms with Crippen LogP contribution in [0.5, 0.6) is 0 Å². The van der Waals surface area contributed by atoms with Crippen LogP contribution < -0.4 is 11.1 Å². The van der Waals surface area contributed by atoms with Gasteiger partial charge in [0.25, 0.3) is 0 Å². The first-order chi connectivity index (χ1) is 7.27. The fourth-order valence-corrected chi connectivity index (χ4v) is 1.98. The summed E-state index contributed by atoms with van der Waals surface area (Å²) in [6.45, 7) is 0.705. The van der Waals surface area contributed by atoms with E-state index in [1.54, 1.807) is 0 Å². The van der Waals surface area contributed by atoms with Crippen LogP contribution in [0, 0.1) is 0 Å². The van der Waals surface area contributed by atoms with Crippen LogP contribution in [0.4, 0.5) is 0 Å². The Hall–Kier alpha value is -1.35. The van der Waals surface area contributed by atoms with Gasteiger partial charge in [0.05, 0.1) is 6.04 Å². The summed E-state index contributed by atoms with van der Waals surface area (Å²) in [5.41, 5.74) is 6.99. The highest BCUT2D eigenvalue weighted by atomic mass is 16.2. The Morgan fingerprint density at radius 2 is 1.93 bits per heavy atom. The molecule has 1 aromatic rings. The summed E-state index contributed by atoms with van der Waals surface area (Å²) in [5, 5.41) is 2.88. The molecule has 1 aliphatic heterocycles. The smallest absolute Gasteiger partial charge is 0.236 e. The van der Waals surface area contributed by atoms with Gasteiger partial charge in [0.2, 0.25) is 5.91 Å². The zero-order chi connectivity index (χ0) is 10.7. The quantitative estimate of drug-likeness (QED) is 0.717. The van der Waals surface area contributed by atoms with E-state index in [1.165, 1.54) is 5.56 Å². The maximum Gasteiger partial charge on any atom is 0.236 e. The molecule has 1 aromatic carbocycles. The third-order valence-electron chi connectivity index (χ3n) is 2.96. The monoisotopic (exact) mass is 204 g/mol. The minimum absolute atomic E-state index is 0.0200. The zero-order valence-electron chi connectivity index (χ0n) is 8.65. The van der Waals surface area contributed by atoms with Crippen LogP contribution in [0.3, 0.4) is 0 Å². The molecule has 2 atom stereocenters. The van der Waals surface area contributed by atoms with Crippen LogP contribution in [-0.4, -0.2) is 18.5 Å². The molecule has 0 aliphatic carbocycles. The Labute approximate surface area is 89.7 Å². The average molecular weight is 204 g/mol. The number of nitrogens with two attached hydrogens (primary N) is 1. The van der Waals surface area contributed by atoms with Crippen molar-refractivity contribution in [3.8, 4) is 0 Å². The number of benzene rings is 1. The van der Waals surface area contributed by atoms with Crippen molar-refractivity contribution in [3.63, 3.8) is 0 Å². The minimum atomic E-state index is -0.335. The highest BCUT2D eigenvalue weighted by molar-refractivity contribution is 5.81. The lowest BCUT2D eigenvalue weighted by molar-refractivity contribution is -0.122. The number of hydrogen-bond acceptors (Lipinski definition) is 2. The molecule has 1 heterocycles. The van der Waals surface area contributed by atoms with Crippen molar-refractivity contribution in [3.05, 3.63) is 35.9 Å². The number of carbonyl (C=O) groups excluding carboxylic acids is 1. The highest BCUT2D eigenvalue weighted by Gasteiger charge is 2.22. The molecule has 3 N–H and O–H groups in total. The third-order valence-corrected chi connectivity index (χ3v) is 2.96. The molecule has 80 valence electrons. The summed E-state index contributed by atoms with van der Waals surface area (Å²) in [7, 11) is 0. The van der Waals surface area contributed by atoms with Gasteiger partial charge in [-0.2, -0.15) is 0 Å². The van der Waals surface area contributed by atoms with E-state index in [1.807, 2.05) is 18.2 Å². The van der Waals surface area contributed by atoms with Gasteiger partial charge in [-0.3, -0.25) is 4.79 Å². The number of hydrogen-bond donors (Lipinski definition) is 2. The molecule has 2 unspecified atom stereocenters. The average Bonchev–Trinajstić information content (AvgIpc) is 2.44. The van der Waals surface area contributed by atoms with E-state index < -0.39 is 0 Å². The maximum atomic E-state index is 11.4. The molecule has 3 nitrogen and oxygen atoms in total. The highest BCUT2D eigenvalue weighted by Crippen LogP contribution is 2.22. The maximum absolute atomic E-state index is 11.4. The first-order valence-electron chi connectivity index (χ1n) is 5.35. The number of amides is 1. The predicted molar refractivity (Wildman–Crippen MR) is 59.4 cm³/mol. The van der Waals surface area contributed by atoms with E-state index in [9.17, 15) is 4.79 Å². The molecular formula is C12H16N2O. The van der Waals surface area contributed by atoms with Crippen LogP contribution in [0.1, 0.15) is 24.3 Å². The lowest BCUT2D eigenvalue weighted by Gasteiger charge is -2.13. The molecule has 0 spiro atoms. The van der Waals surface area contributed by atoms with E-state index in [0.29, 0.717) is 12.5 Å². The summed E-state index contributed by atoms with van der Waals surface area (Å²) < 4.78 is 0. The summed E-state index contributed by atoms with van der Waals surface area (Å²) in [6.07, 6.45) is 1.75. The van der Waals surface area contributed by atoms with Crippen molar-refractivity contribution < 1.29 is 4.79 Å². The standard InChI is InChI=1S/C12H16N2O/c13-11-7-6-10(8-14-12(11)15)9-4-2-1-3-5-9/h1-5,10-11H,6-8,13H2,(H,14,15). The second-order valence-electron chi connectivity index (χ2n) is 4.04. The molecule has 1 fully saturated rings. The molecule has 2 rings (SSSR count). The molecule has 0 aromatic heterocycles. The summed E-state index contributed by atoms with van der Waals surface area (Å²) in [6, 6.07) is 9.94. The van der Waals surface area contributed by atoms with E-state index in [-0.39, 0.29) is 11.9 Å². The van der Waals surface area contributed by atoms with E-state index in [0.717, 1.165) is 12.8 Å². The van der Waals surface area contributed by atoms with E-state index in [4.69, 9.17) is 5.73 Å². The Bertz CT molecular complexity index is 337. The van der Waals surface area contributed by atoms with Gasteiger partial charge in [0.15, 0.2) is 0 Å². The molecule has 1 amide bonds. The second kappa shape index (κ2) is 4.45. The minimum Gasteiger partial charge on any atom is -0.354 e. The van der Waals surface area contributed by atoms with Gasteiger partial charge in [-0.25, -0.2) is 0 Å². The first kappa shape index (κ1) is 10.2. The van der Waals surface area contributed by atoms with E-state index >= 15 is 0 Å². The van der Waals surface area contributed by atoms with Crippen LogP contribution in [0.2, 0.25) is 0 Å². The van der Waals surface area contributed by atoms with Crippen molar-refractivity contribution in [2.24, 2.45) is 5.73 Å². The summed E-state index contributed by atoms with van der Waals surface area (Å²) >= 11 is 0. The number of carbonyl (C=O) groups is 1. The van der Waals surface area contributed by atoms with Gasteiger partial charge in [0.1, 0.15) is 0 Å². The van der Waals surface area contributed by atoms with Crippen LogP contribution >= 0.6 is 0 Å². The van der Waals surface area contributed by atoms with Gasteiger partial charge >= 0.3 is 0 Å². The molecule has 1 aliphatic rings. The third kappa shape index (κ3) is 2.36. The zero-order valence-corrected chi connectivity index (χ0v) is 8.65. The fraction of sp³-hybridized carbons (Fsp3) is 0.417. The van der Waals surface area contributed by atoms with Crippen molar-refractivity contribution in [1.29, 1.82) is 0 Å². The molecule has 1 saturated heterocycles. The second-order valence-corrected chi connectivity index (χ2v) is 4.04. The first-order valence-corrected chi connectivity index (χ1v) is 5.35. The Morgan fingerprint density at radius 3 is 2.67 bits per heavy atom. The lowest BCUT2D eigenvalue weighted by Crippen LogP contribution is -2.38.